The molecular weight excluding hydrogens is 295 g/mol. The first-order chi connectivity index (χ1) is 10.7. The number of hydrogen-bond acceptors (Lipinski definition) is 5. The lowest BCUT2D eigenvalue weighted by Gasteiger charge is -2.32. The molecule has 5 nitrogen and oxygen atoms in total. The molecule has 6 heteroatoms. The number of hydrogen-bond donors (Lipinski definition) is 0. The SMILES string of the molecule is COCC(C)Oc1cccc(C=O)c1B1OC(C)(C)C(C)(C)O1. The Kier molecular flexibility index (Phi) is 5.18. The Hall–Kier alpha value is -1.37. The van der Waals surface area contributed by atoms with Gasteiger partial charge in [0, 0.05) is 18.1 Å². The molecule has 1 saturated heterocycles. The van der Waals surface area contributed by atoms with E-state index >= 15 is 0 Å². The fourth-order valence-electron chi connectivity index (χ4n) is 2.47. The monoisotopic (exact) mass is 320 g/mol. The van der Waals surface area contributed by atoms with Crippen molar-refractivity contribution in [2.45, 2.75) is 51.9 Å². The van der Waals surface area contributed by atoms with Gasteiger partial charge in [-0.2, -0.15) is 0 Å². The molecule has 1 aliphatic rings. The quantitative estimate of drug-likeness (QED) is 0.594. The summed E-state index contributed by atoms with van der Waals surface area (Å²) in [5, 5.41) is 0. The molecule has 1 aromatic rings. The lowest BCUT2D eigenvalue weighted by Crippen LogP contribution is -2.41. The maximum Gasteiger partial charge on any atom is 0.499 e. The van der Waals surface area contributed by atoms with Crippen molar-refractivity contribution in [2.24, 2.45) is 0 Å². The molecule has 0 bridgehead atoms. The minimum absolute atomic E-state index is 0.150. The van der Waals surface area contributed by atoms with Crippen LogP contribution in [0.1, 0.15) is 45.0 Å². The number of aldehydes is 1. The van der Waals surface area contributed by atoms with Crippen LogP contribution in [0.3, 0.4) is 0 Å². The molecule has 2 rings (SSSR count). The number of rotatable bonds is 6. The maximum atomic E-state index is 11.5. The molecule has 0 spiro atoms. The average molecular weight is 320 g/mol. The summed E-state index contributed by atoms with van der Waals surface area (Å²) in [4.78, 5) is 11.5. The number of ether oxygens (including phenoxy) is 2. The molecule has 0 saturated carbocycles. The summed E-state index contributed by atoms with van der Waals surface area (Å²) in [6.45, 7) is 10.3. The van der Waals surface area contributed by atoms with Crippen LogP contribution in [-0.2, 0) is 14.0 Å². The first kappa shape index (κ1) is 18.0. The van der Waals surface area contributed by atoms with Crippen LogP contribution in [0.15, 0.2) is 18.2 Å². The van der Waals surface area contributed by atoms with Crippen molar-refractivity contribution < 1.29 is 23.6 Å². The number of carbonyl (C=O) groups is 1. The van der Waals surface area contributed by atoms with Gasteiger partial charge in [0.1, 0.15) is 18.1 Å². The molecule has 0 N–H and O–H groups in total. The normalized spacial score (nSPS) is 20.3. The van der Waals surface area contributed by atoms with Crippen molar-refractivity contribution in [3.05, 3.63) is 23.8 Å². The molecule has 0 aliphatic carbocycles. The van der Waals surface area contributed by atoms with Crippen molar-refractivity contribution >= 4 is 18.9 Å². The summed E-state index contributed by atoms with van der Waals surface area (Å²) in [7, 11) is 0.975. The van der Waals surface area contributed by atoms with E-state index in [1.54, 1.807) is 19.2 Å². The Balaban J connectivity index is 2.39. The molecule has 0 amide bonds. The molecule has 1 unspecified atom stereocenters. The Bertz CT molecular complexity index is 554. The van der Waals surface area contributed by atoms with Gasteiger partial charge in [-0.1, -0.05) is 12.1 Å². The summed E-state index contributed by atoms with van der Waals surface area (Å²) < 4.78 is 23.2. The van der Waals surface area contributed by atoms with Crippen LogP contribution in [0.4, 0.5) is 0 Å². The van der Waals surface area contributed by atoms with E-state index < -0.39 is 18.3 Å². The molecule has 0 radical (unpaired) electrons. The van der Waals surface area contributed by atoms with E-state index in [2.05, 4.69) is 0 Å². The summed E-state index contributed by atoms with van der Waals surface area (Å²) in [6.07, 6.45) is 0.650. The predicted molar refractivity (Wildman–Crippen MR) is 89.5 cm³/mol. The van der Waals surface area contributed by atoms with Gasteiger partial charge in [-0.3, -0.25) is 4.79 Å². The van der Waals surface area contributed by atoms with Gasteiger partial charge in [0.05, 0.1) is 17.8 Å². The summed E-state index contributed by atoms with van der Waals surface area (Å²) >= 11 is 0. The molecule has 0 aromatic heterocycles. The Morgan fingerprint density at radius 3 is 2.35 bits per heavy atom. The number of methoxy groups -OCH3 is 1. The van der Waals surface area contributed by atoms with Crippen LogP contribution in [0.25, 0.3) is 0 Å². The highest BCUT2D eigenvalue weighted by Crippen LogP contribution is 2.37. The highest BCUT2D eigenvalue weighted by Gasteiger charge is 2.53. The second-order valence-electron chi connectivity index (χ2n) is 6.85. The zero-order chi connectivity index (χ0) is 17.3. The minimum Gasteiger partial charge on any atom is -0.489 e. The van der Waals surface area contributed by atoms with Gasteiger partial charge in [-0.05, 0) is 40.7 Å². The first-order valence-electron chi connectivity index (χ1n) is 7.81. The lowest BCUT2D eigenvalue weighted by molar-refractivity contribution is 0.00578. The van der Waals surface area contributed by atoms with E-state index in [-0.39, 0.29) is 6.10 Å². The van der Waals surface area contributed by atoms with Gasteiger partial charge in [-0.15, -0.1) is 0 Å². The Labute approximate surface area is 138 Å². The Morgan fingerprint density at radius 1 is 1.22 bits per heavy atom. The molecule has 1 atom stereocenters. The van der Waals surface area contributed by atoms with E-state index in [1.807, 2.05) is 40.7 Å². The van der Waals surface area contributed by atoms with Crippen LogP contribution in [0, 0.1) is 0 Å². The van der Waals surface area contributed by atoms with E-state index in [0.717, 1.165) is 6.29 Å². The standard InChI is InChI=1S/C17H25BO5/c1-12(11-20-6)21-14-9-7-8-13(10-19)15(14)18-22-16(2,3)17(4,5)23-18/h7-10,12H,11H2,1-6H3. The van der Waals surface area contributed by atoms with Gasteiger partial charge in [0.15, 0.2) is 0 Å². The van der Waals surface area contributed by atoms with Crippen LogP contribution >= 0.6 is 0 Å². The van der Waals surface area contributed by atoms with E-state index in [4.69, 9.17) is 18.8 Å². The predicted octanol–water partition coefficient (Wildman–Crippen LogP) is 2.21. The van der Waals surface area contributed by atoms with Gasteiger partial charge in [-0.25, -0.2) is 0 Å². The molecule has 1 fully saturated rings. The minimum atomic E-state index is -0.647. The lowest BCUT2D eigenvalue weighted by atomic mass is 9.75. The van der Waals surface area contributed by atoms with Crippen molar-refractivity contribution in [2.75, 3.05) is 13.7 Å². The third-order valence-electron chi connectivity index (χ3n) is 4.45. The third kappa shape index (κ3) is 3.60. The van der Waals surface area contributed by atoms with E-state index in [1.165, 1.54) is 0 Å². The second kappa shape index (κ2) is 6.63. The van der Waals surface area contributed by atoms with Crippen LogP contribution in [0.5, 0.6) is 5.75 Å². The van der Waals surface area contributed by atoms with Gasteiger partial charge in [0.25, 0.3) is 0 Å². The summed E-state index contributed by atoms with van der Waals surface area (Å²) in [5.74, 6) is 0.581. The topological polar surface area (TPSA) is 54.0 Å². The molecule has 1 heterocycles. The zero-order valence-corrected chi connectivity index (χ0v) is 14.7. The van der Waals surface area contributed by atoms with Crippen molar-refractivity contribution in [1.82, 2.24) is 0 Å². The van der Waals surface area contributed by atoms with E-state index in [9.17, 15) is 4.79 Å². The number of carbonyl (C=O) groups excluding carboxylic acids is 1. The largest absolute Gasteiger partial charge is 0.499 e. The first-order valence-corrected chi connectivity index (χ1v) is 7.81. The summed E-state index contributed by atoms with van der Waals surface area (Å²) in [5.41, 5.74) is 0.168. The Morgan fingerprint density at radius 2 is 1.83 bits per heavy atom. The van der Waals surface area contributed by atoms with Crippen molar-refractivity contribution in [1.29, 1.82) is 0 Å². The second-order valence-corrected chi connectivity index (χ2v) is 6.85. The maximum absolute atomic E-state index is 11.5. The van der Waals surface area contributed by atoms with Crippen LogP contribution in [-0.4, -0.2) is 44.4 Å². The van der Waals surface area contributed by atoms with Crippen molar-refractivity contribution in [3.63, 3.8) is 0 Å². The highest BCUT2D eigenvalue weighted by molar-refractivity contribution is 6.64. The van der Waals surface area contributed by atoms with Crippen molar-refractivity contribution in [3.8, 4) is 5.75 Å². The van der Waals surface area contributed by atoms with E-state index in [0.29, 0.717) is 23.4 Å². The van der Waals surface area contributed by atoms with Gasteiger partial charge < -0.3 is 18.8 Å². The fourth-order valence-corrected chi connectivity index (χ4v) is 2.47. The highest BCUT2D eigenvalue weighted by atomic mass is 16.7. The molecule has 23 heavy (non-hydrogen) atoms. The molecule has 1 aromatic carbocycles. The zero-order valence-electron chi connectivity index (χ0n) is 14.7. The molecule has 126 valence electrons. The molecule has 1 aliphatic heterocycles. The molecular formula is C17H25BO5. The smallest absolute Gasteiger partial charge is 0.489 e. The van der Waals surface area contributed by atoms with Crippen LogP contribution in [0.2, 0.25) is 0 Å². The summed E-state index contributed by atoms with van der Waals surface area (Å²) in [6, 6.07) is 5.34. The van der Waals surface area contributed by atoms with Crippen LogP contribution < -0.4 is 10.2 Å². The van der Waals surface area contributed by atoms with Gasteiger partial charge in [0.2, 0.25) is 0 Å². The number of benzene rings is 1. The fraction of sp³-hybridized carbons (Fsp3) is 0.588. The van der Waals surface area contributed by atoms with Gasteiger partial charge >= 0.3 is 7.12 Å². The third-order valence-corrected chi connectivity index (χ3v) is 4.45. The average Bonchev–Trinajstić information content (AvgIpc) is 2.67.